The van der Waals surface area contributed by atoms with Crippen LogP contribution in [0.3, 0.4) is 0 Å². The number of carbonyl (C=O) groups is 2. The quantitative estimate of drug-likeness (QED) is 0.548. The Morgan fingerprint density at radius 1 is 0.893 bits per heavy atom. The maximum absolute atomic E-state index is 12.9. The topological polar surface area (TPSA) is 76.4 Å². The van der Waals surface area contributed by atoms with E-state index in [2.05, 4.69) is 15.5 Å². The lowest BCUT2D eigenvalue weighted by Gasteiger charge is -2.09. The number of nitrogens with zero attached hydrogens (tertiary/aromatic N) is 3. The smallest absolute Gasteiger partial charge is 0.252 e. The second kappa shape index (κ2) is 7.44. The maximum Gasteiger partial charge on any atom is 0.252 e. The molecule has 138 valence electrons. The molecule has 0 radical (unpaired) electrons. The summed E-state index contributed by atoms with van der Waals surface area (Å²) in [5.74, 6) is 0.105. The van der Waals surface area contributed by atoms with E-state index in [9.17, 15) is 9.59 Å². The molecule has 0 saturated carbocycles. The second-order valence-corrected chi connectivity index (χ2v) is 6.47. The molecule has 1 amide bonds. The Bertz CT molecular complexity index is 1160. The zero-order valence-electron chi connectivity index (χ0n) is 15.3. The molecule has 2 aromatic carbocycles. The molecule has 2 aromatic heterocycles. The Morgan fingerprint density at radius 3 is 2.39 bits per heavy atom. The van der Waals surface area contributed by atoms with E-state index >= 15 is 0 Å². The highest BCUT2D eigenvalue weighted by Crippen LogP contribution is 2.16. The number of aromatic nitrogens is 3. The van der Waals surface area contributed by atoms with Gasteiger partial charge in [0, 0.05) is 17.3 Å². The fourth-order valence-electron chi connectivity index (χ4n) is 3.01. The molecule has 0 aliphatic heterocycles. The molecule has 6 heteroatoms. The van der Waals surface area contributed by atoms with Crippen LogP contribution in [0.2, 0.25) is 0 Å². The van der Waals surface area contributed by atoms with E-state index in [0.29, 0.717) is 28.2 Å². The van der Waals surface area contributed by atoms with Crippen molar-refractivity contribution in [1.82, 2.24) is 19.9 Å². The van der Waals surface area contributed by atoms with Crippen molar-refractivity contribution in [3.8, 4) is 0 Å². The van der Waals surface area contributed by atoms with Crippen LogP contribution >= 0.6 is 0 Å². The molecular formula is C22H18N4O2. The molecule has 0 aliphatic rings. The predicted octanol–water partition coefficient (Wildman–Crippen LogP) is 3.20. The van der Waals surface area contributed by atoms with Crippen LogP contribution in [-0.2, 0) is 6.54 Å². The first-order valence-corrected chi connectivity index (χ1v) is 8.91. The van der Waals surface area contributed by atoms with E-state index in [1.54, 1.807) is 36.4 Å². The van der Waals surface area contributed by atoms with Gasteiger partial charge in [-0.25, -0.2) is 0 Å². The molecule has 4 rings (SSSR count). The summed E-state index contributed by atoms with van der Waals surface area (Å²) in [6, 6.07) is 19.7. The number of hydrogen-bond acceptors (Lipinski definition) is 4. The highest BCUT2D eigenvalue weighted by Gasteiger charge is 2.18. The molecule has 1 N–H and O–H groups in total. The van der Waals surface area contributed by atoms with Gasteiger partial charge >= 0.3 is 0 Å². The third-order valence-corrected chi connectivity index (χ3v) is 4.52. The van der Waals surface area contributed by atoms with E-state index in [1.165, 1.54) is 0 Å². The minimum Gasteiger partial charge on any atom is -0.345 e. The van der Waals surface area contributed by atoms with Gasteiger partial charge in [-0.05, 0) is 25.1 Å². The second-order valence-electron chi connectivity index (χ2n) is 6.47. The van der Waals surface area contributed by atoms with Crippen LogP contribution in [0.4, 0.5) is 0 Å². The number of amides is 1. The monoisotopic (exact) mass is 370 g/mol. The Morgan fingerprint density at radius 2 is 1.61 bits per heavy atom. The first-order chi connectivity index (χ1) is 13.6. The zero-order valence-corrected chi connectivity index (χ0v) is 15.3. The van der Waals surface area contributed by atoms with Gasteiger partial charge in [0.1, 0.15) is 0 Å². The van der Waals surface area contributed by atoms with Gasteiger partial charge < -0.3 is 5.32 Å². The molecule has 4 aromatic rings. The number of rotatable bonds is 5. The maximum atomic E-state index is 12.9. The normalized spacial score (nSPS) is 10.8. The lowest BCUT2D eigenvalue weighted by Crippen LogP contribution is -2.26. The highest BCUT2D eigenvalue weighted by atomic mass is 16.2. The van der Waals surface area contributed by atoms with Crippen molar-refractivity contribution >= 4 is 17.3 Å². The molecule has 0 atom stereocenters. The van der Waals surface area contributed by atoms with E-state index < -0.39 is 0 Å². The van der Waals surface area contributed by atoms with Crippen molar-refractivity contribution in [3.63, 3.8) is 0 Å². The Labute approximate surface area is 161 Å². The van der Waals surface area contributed by atoms with Gasteiger partial charge in [0.05, 0.1) is 12.1 Å². The summed E-state index contributed by atoms with van der Waals surface area (Å²) >= 11 is 0. The van der Waals surface area contributed by atoms with E-state index in [-0.39, 0.29) is 18.2 Å². The SMILES string of the molecule is Cc1ccc(C(=O)c2ccccc2C(=O)NCc2nnc3ccccn23)cc1. The van der Waals surface area contributed by atoms with Crippen LogP contribution in [0.1, 0.15) is 37.7 Å². The van der Waals surface area contributed by atoms with Gasteiger partial charge in [-0.15, -0.1) is 10.2 Å². The fraction of sp³-hybridized carbons (Fsp3) is 0.0909. The number of nitrogens with one attached hydrogen (secondary N) is 1. The van der Waals surface area contributed by atoms with E-state index in [1.807, 2.05) is 47.9 Å². The molecule has 0 spiro atoms. The minimum atomic E-state index is -0.330. The molecule has 2 heterocycles. The third kappa shape index (κ3) is 3.40. The van der Waals surface area contributed by atoms with Crippen molar-refractivity contribution in [2.75, 3.05) is 0 Å². The van der Waals surface area contributed by atoms with Gasteiger partial charge in [-0.3, -0.25) is 14.0 Å². The molecule has 6 nitrogen and oxygen atoms in total. The van der Waals surface area contributed by atoms with Crippen molar-refractivity contribution in [2.24, 2.45) is 0 Å². The largest absolute Gasteiger partial charge is 0.345 e. The average molecular weight is 370 g/mol. The van der Waals surface area contributed by atoms with Crippen LogP contribution in [-0.4, -0.2) is 26.3 Å². The standard InChI is InChI=1S/C22H18N4O2/c1-15-9-11-16(12-10-15)21(27)17-6-2-3-7-18(17)22(28)23-14-20-25-24-19-8-4-5-13-26(19)20/h2-13H,14H2,1H3,(H,23,28). The summed E-state index contributed by atoms with van der Waals surface area (Å²) in [6.45, 7) is 2.17. The molecule has 0 aliphatic carbocycles. The van der Waals surface area contributed by atoms with Crippen LogP contribution in [0.25, 0.3) is 5.65 Å². The van der Waals surface area contributed by atoms with Crippen LogP contribution < -0.4 is 5.32 Å². The average Bonchev–Trinajstić information content (AvgIpc) is 3.15. The molecular weight excluding hydrogens is 352 g/mol. The van der Waals surface area contributed by atoms with Gasteiger partial charge in [0.15, 0.2) is 17.3 Å². The lowest BCUT2D eigenvalue weighted by atomic mass is 9.97. The minimum absolute atomic E-state index is 0.182. The summed E-state index contributed by atoms with van der Waals surface area (Å²) < 4.78 is 1.81. The Balaban J connectivity index is 1.56. The molecule has 28 heavy (non-hydrogen) atoms. The van der Waals surface area contributed by atoms with Crippen LogP contribution in [0.5, 0.6) is 0 Å². The van der Waals surface area contributed by atoms with Gasteiger partial charge in [-0.2, -0.15) is 0 Å². The highest BCUT2D eigenvalue weighted by molar-refractivity contribution is 6.15. The van der Waals surface area contributed by atoms with Crippen molar-refractivity contribution in [1.29, 1.82) is 0 Å². The summed E-state index contributed by atoms with van der Waals surface area (Å²) in [7, 11) is 0. The first kappa shape index (κ1) is 17.6. The molecule has 0 fully saturated rings. The Kier molecular flexibility index (Phi) is 4.68. The number of aryl methyl sites for hydroxylation is 1. The van der Waals surface area contributed by atoms with Crippen LogP contribution in [0.15, 0.2) is 72.9 Å². The molecule has 0 unspecified atom stereocenters. The first-order valence-electron chi connectivity index (χ1n) is 8.91. The van der Waals surface area contributed by atoms with E-state index in [4.69, 9.17) is 0 Å². The number of fused-ring (bicyclic) bond motifs is 1. The van der Waals surface area contributed by atoms with Gasteiger partial charge in [-0.1, -0.05) is 54.1 Å². The van der Waals surface area contributed by atoms with Gasteiger partial charge in [0.25, 0.3) is 5.91 Å². The zero-order chi connectivity index (χ0) is 19.5. The number of pyridine rings is 1. The summed E-state index contributed by atoms with van der Waals surface area (Å²) in [5.41, 5.74) is 3.04. The van der Waals surface area contributed by atoms with Crippen molar-refractivity contribution in [3.05, 3.63) is 101 Å². The summed E-state index contributed by atoms with van der Waals surface area (Å²) in [6.07, 6.45) is 1.84. The van der Waals surface area contributed by atoms with Crippen LogP contribution in [0, 0.1) is 6.92 Å². The van der Waals surface area contributed by atoms with Crippen molar-refractivity contribution < 1.29 is 9.59 Å². The summed E-state index contributed by atoms with van der Waals surface area (Å²) in [4.78, 5) is 25.7. The number of benzene rings is 2. The number of hydrogen-bond donors (Lipinski definition) is 1. The van der Waals surface area contributed by atoms with Gasteiger partial charge in [0.2, 0.25) is 0 Å². The predicted molar refractivity (Wildman–Crippen MR) is 105 cm³/mol. The molecule has 0 saturated heterocycles. The number of ketones is 1. The van der Waals surface area contributed by atoms with E-state index in [0.717, 1.165) is 5.56 Å². The summed E-state index contributed by atoms with van der Waals surface area (Å²) in [5, 5.41) is 11.0. The Hall–Kier alpha value is -3.80. The third-order valence-electron chi connectivity index (χ3n) is 4.52. The lowest BCUT2D eigenvalue weighted by molar-refractivity contribution is 0.0938. The molecule has 0 bridgehead atoms. The van der Waals surface area contributed by atoms with Crippen molar-refractivity contribution in [2.45, 2.75) is 13.5 Å². The number of carbonyl (C=O) groups excluding carboxylic acids is 2. The fourth-order valence-corrected chi connectivity index (χ4v) is 3.01.